The van der Waals surface area contributed by atoms with Gasteiger partial charge in [-0.25, -0.2) is 0 Å². The zero-order chi connectivity index (χ0) is 17.2. The van der Waals surface area contributed by atoms with Crippen LogP contribution >= 0.6 is 11.6 Å². The van der Waals surface area contributed by atoms with Crippen LogP contribution in [0, 0.1) is 0 Å². The molecule has 24 heavy (non-hydrogen) atoms. The Kier molecular flexibility index (Phi) is 7.39. The third-order valence-corrected chi connectivity index (χ3v) is 3.41. The molecule has 2 N–H and O–H groups in total. The Morgan fingerprint density at radius 2 is 1.50 bits per heavy atom. The van der Waals surface area contributed by atoms with E-state index in [1.54, 1.807) is 36.4 Å². The normalized spacial score (nSPS) is 10.2. The molecule has 0 aromatic heterocycles. The second-order valence-corrected chi connectivity index (χ2v) is 5.44. The maximum Gasteiger partial charge on any atom is 0.251 e. The summed E-state index contributed by atoms with van der Waals surface area (Å²) < 4.78 is 11.2. The monoisotopic (exact) mass is 349 g/mol. The van der Waals surface area contributed by atoms with E-state index >= 15 is 0 Å². The van der Waals surface area contributed by atoms with Crippen LogP contribution in [-0.2, 0) is 0 Å². The molecular weight excluding hydrogens is 330 g/mol. The molecule has 0 saturated carbocycles. The van der Waals surface area contributed by atoms with Crippen LogP contribution in [0.1, 0.15) is 16.8 Å². The Morgan fingerprint density at radius 3 is 2.04 bits per heavy atom. The summed E-state index contributed by atoms with van der Waals surface area (Å²) in [7, 11) is 0. The Hall–Kier alpha value is -2.24. The van der Waals surface area contributed by atoms with Gasteiger partial charge in [-0.2, -0.15) is 0 Å². The lowest BCUT2D eigenvalue weighted by molar-refractivity contribution is 0.0944. The van der Waals surface area contributed by atoms with E-state index in [1.807, 2.05) is 12.1 Å². The molecule has 0 saturated heterocycles. The van der Waals surface area contributed by atoms with Gasteiger partial charge in [-0.1, -0.05) is 11.6 Å². The second-order valence-electron chi connectivity index (χ2n) is 5.01. The Labute approximate surface area is 146 Å². The van der Waals surface area contributed by atoms with Crippen molar-refractivity contribution in [3.05, 3.63) is 59.1 Å². The van der Waals surface area contributed by atoms with Crippen molar-refractivity contribution in [2.24, 2.45) is 0 Å². The fourth-order valence-electron chi connectivity index (χ4n) is 1.94. The minimum Gasteiger partial charge on any atom is -0.493 e. The molecule has 128 valence electrons. The second kappa shape index (κ2) is 9.80. The van der Waals surface area contributed by atoms with Crippen molar-refractivity contribution in [2.45, 2.75) is 6.42 Å². The van der Waals surface area contributed by atoms with Crippen LogP contribution in [0.5, 0.6) is 11.5 Å². The minimum atomic E-state index is -0.216. The van der Waals surface area contributed by atoms with Crippen LogP contribution in [0.15, 0.2) is 48.5 Å². The summed E-state index contributed by atoms with van der Waals surface area (Å²) >= 11 is 5.81. The van der Waals surface area contributed by atoms with Crippen LogP contribution in [0.2, 0.25) is 5.02 Å². The van der Waals surface area contributed by atoms with Crippen molar-refractivity contribution >= 4 is 17.5 Å². The van der Waals surface area contributed by atoms with Gasteiger partial charge in [-0.3, -0.25) is 4.79 Å². The summed E-state index contributed by atoms with van der Waals surface area (Å²) in [6.07, 6.45) is 0.737. The van der Waals surface area contributed by atoms with Crippen LogP contribution in [0.4, 0.5) is 0 Å². The van der Waals surface area contributed by atoms with Crippen molar-refractivity contribution in [1.29, 1.82) is 0 Å². The molecule has 0 atom stereocenters. The number of nitrogens with one attached hydrogen (secondary N) is 1. The highest BCUT2D eigenvalue weighted by Crippen LogP contribution is 2.16. The predicted molar refractivity (Wildman–Crippen MR) is 92.9 cm³/mol. The third kappa shape index (κ3) is 6.10. The largest absolute Gasteiger partial charge is 0.493 e. The van der Waals surface area contributed by atoms with E-state index in [9.17, 15) is 4.79 Å². The van der Waals surface area contributed by atoms with E-state index in [1.165, 1.54) is 0 Å². The van der Waals surface area contributed by atoms with Gasteiger partial charge in [0.05, 0.1) is 19.8 Å². The minimum absolute atomic E-state index is 0.0783. The number of hydrogen-bond acceptors (Lipinski definition) is 4. The number of ether oxygens (including phenoxy) is 2. The lowest BCUT2D eigenvalue weighted by atomic mass is 10.2. The maximum absolute atomic E-state index is 11.7. The molecule has 2 aromatic rings. The number of rotatable bonds is 9. The van der Waals surface area contributed by atoms with Crippen molar-refractivity contribution in [1.82, 2.24) is 5.32 Å². The topological polar surface area (TPSA) is 67.8 Å². The van der Waals surface area contributed by atoms with Gasteiger partial charge >= 0.3 is 0 Å². The highest BCUT2D eigenvalue weighted by Gasteiger charge is 2.04. The SMILES string of the molecule is O=C(NCCO)c1ccc(OCCCOc2ccc(Cl)cc2)cc1. The van der Waals surface area contributed by atoms with E-state index < -0.39 is 0 Å². The zero-order valence-electron chi connectivity index (χ0n) is 13.2. The number of carbonyl (C=O) groups is 1. The number of hydrogen-bond donors (Lipinski definition) is 2. The Bertz CT molecular complexity index is 628. The summed E-state index contributed by atoms with van der Waals surface area (Å²) in [6.45, 7) is 1.22. The van der Waals surface area contributed by atoms with Gasteiger partial charge in [0.1, 0.15) is 11.5 Å². The fraction of sp³-hybridized carbons (Fsp3) is 0.278. The molecule has 0 bridgehead atoms. The van der Waals surface area contributed by atoms with Crippen LogP contribution in [-0.4, -0.2) is 37.4 Å². The number of aliphatic hydroxyl groups is 1. The number of carbonyl (C=O) groups excluding carboxylic acids is 1. The van der Waals surface area contributed by atoms with Gasteiger partial charge < -0.3 is 19.9 Å². The van der Waals surface area contributed by atoms with Gasteiger partial charge in [-0.05, 0) is 48.5 Å². The smallest absolute Gasteiger partial charge is 0.251 e. The van der Waals surface area contributed by atoms with Gasteiger partial charge in [-0.15, -0.1) is 0 Å². The molecule has 2 aromatic carbocycles. The average molecular weight is 350 g/mol. The lowest BCUT2D eigenvalue weighted by Crippen LogP contribution is -2.26. The highest BCUT2D eigenvalue weighted by atomic mass is 35.5. The Balaban J connectivity index is 1.67. The lowest BCUT2D eigenvalue weighted by Gasteiger charge is -2.09. The van der Waals surface area contributed by atoms with Gasteiger partial charge in [0.2, 0.25) is 0 Å². The number of aliphatic hydroxyl groups excluding tert-OH is 1. The molecule has 0 spiro atoms. The van der Waals surface area contributed by atoms with Crippen LogP contribution < -0.4 is 14.8 Å². The molecular formula is C18H20ClNO4. The van der Waals surface area contributed by atoms with Crippen molar-refractivity contribution in [3.8, 4) is 11.5 Å². The molecule has 0 fully saturated rings. The van der Waals surface area contributed by atoms with Crippen molar-refractivity contribution < 1.29 is 19.4 Å². The molecule has 0 heterocycles. The summed E-state index contributed by atoms with van der Waals surface area (Å²) in [4.78, 5) is 11.7. The average Bonchev–Trinajstić information content (AvgIpc) is 2.61. The van der Waals surface area contributed by atoms with E-state index in [-0.39, 0.29) is 19.1 Å². The third-order valence-electron chi connectivity index (χ3n) is 3.15. The summed E-state index contributed by atoms with van der Waals surface area (Å²) in [6, 6.07) is 14.1. The quantitative estimate of drug-likeness (QED) is 0.683. The molecule has 5 nitrogen and oxygen atoms in total. The van der Waals surface area contributed by atoms with E-state index in [0.29, 0.717) is 29.5 Å². The first-order valence-electron chi connectivity index (χ1n) is 7.69. The fourth-order valence-corrected chi connectivity index (χ4v) is 2.07. The van der Waals surface area contributed by atoms with E-state index in [2.05, 4.69) is 5.32 Å². The molecule has 2 rings (SSSR count). The van der Waals surface area contributed by atoms with Crippen molar-refractivity contribution in [3.63, 3.8) is 0 Å². The first kappa shape index (κ1) is 18.1. The maximum atomic E-state index is 11.7. The molecule has 0 aliphatic heterocycles. The first-order valence-corrected chi connectivity index (χ1v) is 8.07. The molecule has 0 aliphatic rings. The van der Waals surface area contributed by atoms with Gasteiger partial charge in [0, 0.05) is 23.6 Å². The summed E-state index contributed by atoms with van der Waals surface area (Å²) in [5.41, 5.74) is 0.530. The predicted octanol–water partition coefficient (Wildman–Crippen LogP) is 2.91. The molecule has 1 amide bonds. The van der Waals surface area contributed by atoms with Gasteiger partial charge in [0.15, 0.2) is 0 Å². The summed E-state index contributed by atoms with van der Waals surface area (Å²) in [5.74, 6) is 1.25. The first-order chi connectivity index (χ1) is 11.7. The molecule has 6 heteroatoms. The highest BCUT2D eigenvalue weighted by molar-refractivity contribution is 6.30. The Morgan fingerprint density at radius 1 is 0.958 bits per heavy atom. The molecule has 0 radical (unpaired) electrons. The molecule has 0 aliphatic carbocycles. The van der Waals surface area contributed by atoms with Crippen molar-refractivity contribution in [2.75, 3.05) is 26.4 Å². The van der Waals surface area contributed by atoms with Crippen LogP contribution in [0.25, 0.3) is 0 Å². The molecule has 0 unspecified atom stereocenters. The van der Waals surface area contributed by atoms with Gasteiger partial charge in [0.25, 0.3) is 5.91 Å². The zero-order valence-corrected chi connectivity index (χ0v) is 14.0. The number of halogens is 1. The van der Waals surface area contributed by atoms with E-state index in [0.717, 1.165) is 12.2 Å². The number of benzene rings is 2. The number of amides is 1. The summed E-state index contributed by atoms with van der Waals surface area (Å²) in [5, 5.41) is 12.0. The van der Waals surface area contributed by atoms with E-state index in [4.69, 9.17) is 26.2 Å². The van der Waals surface area contributed by atoms with Crippen LogP contribution in [0.3, 0.4) is 0 Å². The standard InChI is InChI=1S/C18H20ClNO4/c19-15-4-8-17(9-5-15)24-13-1-12-23-16-6-2-14(3-7-16)18(22)20-10-11-21/h2-9,21H,1,10-13H2,(H,20,22).